The summed E-state index contributed by atoms with van der Waals surface area (Å²) < 4.78 is 21.7. The van der Waals surface area contributed by atoms with Crippen LogP contribution in [0, 0.1) is 0 Å². The summed E-state index contributed by atoms with van der Waals surface area (Å²) >= 11 is 0. The Labute approximate surface area is 94.9 Å². The molecule has 1 aliphatic rings. The number of hydrogen-bond acceptors (Lipinski definition) is 3. The smallest absolute Gasteiger partial charge is 0.338 e. The zero-order valence-electron chi connectivity index (χ0n) is 9.80. The maximum Gasteiger partial charge on any atom is 0.338 e. The van der Waals surface area contributed by atoms with E-state index in [0.717, 1.165) is 5.57 Å². The van der Waals surface area contributed by atoms with Crippen LogP contribution < -0.4 is 0 Å². The monoisotopic (exact) mass is 248 g/mol. The minimum absolute atomic E-state index is 0.471. The Bertz CT molecular complexity index is 381. The molecule has 0 amide bonds. The third-order valence-electron chi connectivity index (χ3n) is 2.89. The second kappa shape index (κ2) is 4.34. The van der Waals surface area contributed by atoms with Crippen molar-refractivity contribution in [2.45, 2.75) is 25.1 Å². The van der Waals surface area contributed by atoms with Gasteiger partial charge in [0.1, 0.15) is 10.9 Å². The van der Waals surface area contributed by atoms with Crippen molar-refractivity contribution in [2.24, 2.45) is 0 Å². The van der Waals surface area contributed by atoms with Gasteiger partial charge in [-0.2, -0.15) is 0 Å². The molecule has 0 aliphatic heterocycles. The highest BCUT2D eigenvalue weighted by Gasteiger charge is 2.49. The Morgan fingerprint density at radius 3 is 2.38 bits per heavy atom. The molecule has 2 unspecified atom stereocenters. The summed E-state index contributed by atoms with van der Waals surface area (Å²) in [6, 6.07) is 0. The predicted molar refractivity (Wildman–Crippen MR) is 60.1 cm³/mol. The van der Waals surface area contributed by atoms with Crippen molar-refractivity contribution in [3.63, 3.8) is 0 Å². The van der Waals surface area contributed by atoms with Crippen molar-refractivity contribution in [1.82, 2.24) is 0 Å². The van der Waals surface area contributed by atoms with Crippen LogP contribution in [0.25, 0.3) is 0 Å². The first-order valence-corrected chi connectivity index (χ1v) is 6.41. The number of methoxy groups -OCH3 is 2. The second-order valence-corrected chi connectivity index (χ2v) is 6.04. The van der Waals surface area contributed by atoms with Gasteiger partial charge in [-0.15, -0.1) is 0 Å². The van der Waals surface area contributed by atoms with Crippen LogP contribution in [0.1, 0.15) is 13.8 Å². The molecule has 0 saturated heterocycles. The Balaban J connectivity index is 3.28. The summed E-state index contributed by atoms with van der Waals surface area (Å²) in [5, 5.41) is -1.38. The highest BCUT2D eigenvalue weighted by atomic mass is 31.2. The van der Waals surface area contributed by atoms with E-state index in [0.29, 0.717) is 5.76 Å². The molecular weight excluding hydrogens is 231 g/mol. The predicted octanol–water partition coefficient (Wildman–Crippen LogP) is 1.43. The van der Waals surface area contributed by atoms with Crippen LogP contribution >= 0.6 is 7.60 Å². The third-order valence-corrected chi connectivity index (χ3v) is 4.53. The highest BCUT2D eigenvalue weighted by Crippen LogP contribution is 2.56. The molecule has 0 aromatic carbocycles. The van der Waals surface area contributed by atoms with E-state index >= 15 is 0 Å². The van der Waals surface area contributed by atoms with Gasteiger partial charge in [-0.05, 0) is 31.6 Å². The molecule has 0 radical (unpaired) electrons. The van der Waals surface area contributed by atoms with Gasteiger partial charge in [0.05, 0.1) is 13.2 Å². The first-order chi connectivity index (χ1) is 7.26. The summed E-state index contributed by atoms with van der Waals surface area (Å²) in [7, 11) is -1.44. The highest BCUT2D eigenvalue weighted by molar-refractivity contribution is 7.53. The number of rotatable bonds is 3. The molecule has 1 rings (SSSR count). The molecule has 2 atom stereocenters. The van der Waals surface area contributed by atoms with Gasteiger partial charge in [0, 0.05) is 7.11 Å². The fourth-order valence-electron chi connectivity index (χ4n) is 1.72. The summed E-state index contributed by atoms with van der Waals surface area (Å²) in [5.41, 5.74) is 0.806. The molecule has 0 aromatic heterocycles. The van der Waals surface area contributed by atoms with Gasteiger partial charge in [0.2, 0.25) is 0 Å². The maximum absolute atomic E-state index is 11.5. The van der Waals surface area contributed by atoms with Crippen molar-refractivity contribution in [3.05, 3.63) is 23.5 Å². The first-order valence-electron chi connectivity index (χ1n) is 4.80. The molecule has 0 heterocycles. The molecule has 0 fully saturated rings. The molecule has 0 aromatic rings. The standard InChI is InChI=1S/C10H17O5P/c1-7-5-9(15-4)10(2,16(11,12)13)6-8(7)14-3/h5-6,9H,1-4H3,(H2,11,12,13). The summed E-state index contributed by atoms with van der Waals surface area (Å²) in [5.74, 6) is 0.471. The van der Waals surface area contributed by atoms with E-state index in [2.05, 4.69) is 0 Å². The Morgan fingerprint density at radius 1 is 1.44 bits per heavy atom. The molecule has 1 aliphatic carbocycles. The summed E-state index contributed by atoms with van der Waals surface area (Å²) in [6.07, 6.45) is 2.45. The zero-order chi connectivity index (χ0) is 12.6. The topological polar surface area (TPSA) is 76.0 Å². The fourth-order valence-corrected chi connectivity index (χ4v) is 2.51. The van der Waals surface area contributed by atoms with E-state index in [9.17, 15) is 14.4 Å². The van der Waals surface area contributed by atoms with Crippen molar-refractivity contribution in [1.29, 1.82) is 0 Å². The molecule has 6 heteroatoms. The lowest BCUT2D eigenvalue weighted by Gasteiger charge is -2.36. The van der Waals surface area contributed by atoms with Gasteiger partial charge < -0.3 is 19.3 Å². The van der Waals surface area contributed by atoms with E-state index in [4.69, 9.17) is 9.47 Å². The van der Waals surface area contributed by atoms with Gasteiger partial charge in [-0.25, -0.2) is 0 Å². The molecule has 92 valence electrons. The van der Waals surface area contributed by atoms with Crippen molar-refractivity contribution in [3.8, 4) is 0 Å². The average Bonchev–Trinajstić information content (AvgIpc) is 2.19. The van der Waals surface area contributed by atoms with Gasteiger partial charge in [-0.3, -0.25) is 4.57 Å². The van der Waals surface area contributed by atoms with Crippen LogP contribution in [-0.2, 0) is 14.0 Å². The Hall–Kier alpha value is -0.610. The fraction of sp³-hybridized carbons (Fsp3) is 0.600. The number of ether oxygens (including phenoxy) is 2. The summed E-state index contributed by atoms with van der Waals surface area (Å²) in [6.45, 7) is 3.27. The summed E-state index contributed by atoms with van der Waals surface area (Å²) in [4.78, 5) is 18.8. The van der Waals surface area contributed by atoms with E-state index in [-0.39, 0.29) is 0 Å². The quantitative estimate of drug-likeness (QED) is 0.739. The lowest BCUT2D eigenvalue weighted by Crippen LogP contribution is -2.40. The van der Waals surface area contributed by atoms with Gasteiger partial charge in [-0.1, -0.05) is 0 Å². The van der Waals surface area contributed by atoms with Crippen molar-refractivity contribution < 1.29 is 23.8 Å². The van der Waals surface area contributed by atoms with Crippen LogP contribution in [0.15, 0.2) is 23.5 Å². The molecular formula is C10H17O5P. The van der Waals surface area contributed by atoms with E-state index < -0.39 is 18.9 Å². The van der Waals surface area contributed by atoms with Crippen LogP contribution in [0.3, 0.4) is 0 Å². The Morgan fingerprint density at radius 2 is 2.00 bits per heavy atom. The molecule has 0 saturated carbocycles. The van der Waals surface area contributed by atoms with E-state index in [1.54, 1.807) is 13.0 Å². The third kappa shape index (κ3) is 2.09. The Kier molecular flexibility index (Phi) is 3.65. The molecule has 5 nitrogen and oxygen atoms in total. The average molecular weight is 248 g/mol. The lowest BCUT2D eigenvalue weighted by atomic mass is 9.93. The van der Waals surface area contributed by atoms with Gasteiger partial charge >= 0.3 is 7.60 Å². The van der Waals surface area contributed by atoms with Gasteiger partial charge in [0.25, 0.3) is 0 Å². The van der Waals surface area contributed by atoms with Crippen LogP contribution in [-0.4, -0.2) is 35.3 Å². The van der Waals surface area contributed by atoms with E-state index in [1.165, 1.54) is 27.2 Å². The molecule has 16 heavy (non-hydrogen) atoms. The zero-order valence-corrected chi connectivity index (χ0v) is 10.7. The van der Waals surface area contributed by atoms with Crippen molar-refractivity contribution in [2.75, 3.05) is 14.2 Å². The molecule has 0 bridgehead atoms. The van der Waals surface area contributed by atoms with Crippen LogP contribution in [0.5, 0.6) is 0 Å². The normalized spacial score (nSPS) is 30.8. The maximum atomic E-state index is 11.5. The lowest BCUT2D eigenvalue weighted by molar-refractivity contribution is 0.106. The SMILES string of the molecule is COC1=CC(C)(P(=O)(O)O)C(OC)C=C1C. The molecule has 2 N–H and O–H groups in total. The number of allylic oxidation sites excluding steroid dienone is 1. The van der Waals surface area contributed by atoms with E-state index in [1.807, 2.05) is 0 Å². The second-order valence-electron chi connectivity index (χ2n) is 3.99. The molecule has 0 spiro atoms. The van der Waals surface area contributed by atoms with Crippen LogP contribution in [0.2, 0.25) is 0 Å². The number of hydrogen-bond donors (Lipinski definition) is 2. The van der Waals surface area contributed by atoms with Crippen molar-refractivity contribution >= 4 is 7.60 Å². The van der Waals surface area contributed by atoms with Crippen LogP contribution in [0.4, 0.5) is 0 Å². The minimum atomic E-state index is -4.33. The van der Waals surface area contributed by atoms with Gasteiger partial charge in [0.15, 0.2) is 0 Å². The first kappa shape index (κ1) is 13.5. The largest absolute Gasteiger partial charge is 0.497 e. The minimum Gasteiger partial charge on any atom is -0.497 e.